The summed E-state index contributed by atoms with van der Waals surface area (Å²) in [6, 6.07) is 13.0. The summed E-state index contributed by atoms with van der Waals surface area (Å²) < 4.78 is 11.0. The average Bonchev–Trinajstić information content (AvgIpc) is 2.63. The van der Waals surface area contributed by atoms with Gasteiger partial charge in [-0.15, -0.1) is 0 Å². The number of ether oxygens (including phenoxy) is 2. The number of benzene rings is 2. The van der Waals surface area contributed by atoms with Crippen molar-refractivity contribution in [2.75, 3.05) is 18.5 Å². The number of pyridine rings is 1. The van der Waals surface area contributed by atoms with Crippen LogP contribution in [0, 0.1) is 0 Å². The molecule has 1 aromatic heterocycles. The van der Waals surface area contributed by atoms with Gasteiger partial charge in [0.05, 0.1) is 22.6 Å². The highest BCUT2D eigenvalue weighted by molar-refractivity contribution is 6.34. The average molecular weight is 355 g/mol. The van der Waals surface area contributed by atoms with Crippen molar-refractivity contribution in [2.45, 2.75) is 6.42 Å². The number of hydrogen-bond donors (Lipinski definition) is 1. The summed E-state index contributed by atoms with van der Waals surface area (Å²) in [7, 11) is 0. The number of anilines is 1. The molecule has 0 saturated heterocycles. The van der Waals surface area contributed by atoms with Gasteiger partial charge in [-0.05, 0) is 11.6 Å². The van der Waals surface area contributed by atoms with E-state index in [1.54, 1.807) is 18.3 Å². The number of para-hydroxylation sites is 1. The maximum Gasteiger partial charge on any atom is 0.228 e. The molecule has 2 heterocycles. The fourth-order valence-corrected chi connectivity index (χ4v) is 3.04. The molecule has 126 valence electrons. The maximum absolute atomic E-state index is 12.5. The molecule has 0 radical (unpaired) electrons. The van der Waals surface area contributed by atoms with Gasteiger partial charge in [-0.2, -0.15) is 0 Å². The van der Waals surface area contributed by atoms with E-state index in [1.165, 1.54) is 0 Å². The Morgan fingerprint density at radius 1 is 1.12 bits per heavy atom. The first-order valence-corrected chi connectivity index (χ1v) is 8.30. The zero-order valence-electron chi connectivity index (χ0n) is 13.3. The maximum atomic E-state index is 12.5. The van der Waals surface area contributed by atoms with Crippen molar-refractivity contribution in [1.82, 2.24) is 4.98 Å². The normalized spacial score (nSPS) is 12.8. The number of nitrogens with one attached hydrogen (secondary N) is 1. The van der Waals surface area contributed by atoms with Crippen molar-refractivity contribution in [3.05, 3.63) is 59.2 Å². The van der Waals surface area contributed by atoms with E-state index in [-0.39, 0.29) is 12.3 Å². The summed E-state index contributed by atoms with van der Waals surface area (Å²) in [6.45, 7) is 0.965. The summed E-state index contributed by atoms with van der Waals surface area (Å²) in [5.74, 6) is 1.00. The lowest BCUT2D eigenvalue weighted by Crippen LogP contribution is -2.17. The van der Waals surface area contributed by atoms with E-state index < -0.39 is 0 Å². The molecule has 6 heteroatoms. The first kappa shape index (κ1) is 15.7. The Morgan fingerprint density at radius 2 is 1.88 bits per heavy atom. The molecule has 0 aliphatic carbocycles. The summed E-state index contributed by atoms with van der Waals surface area (Å²) >= 11 is 6.24. The third kappa shape index (κ3) is 3.23. The quantitative estimate of drug-likeness (QED) is 0.776. The standard InChI is InChI=1S/C19H15ClN2O3/c20-14-10-16-17(25-8-7-24-16)11-15(14)22-18(23)9-13-4-1-3-12-5-2-6-21-19(12)13/h1-6,10-11H,7-9H2,(H,22,23). The summed E-state index contributed by atoms with van der Waals surface area (Å²) in [4.78, 5) is 16.9. The number of amides is 1. The van der Waals surface area contributed by atoms with Gasteiger partial charge in [-0.3, -0.25) is 9.78 Å². The Balaban J connectivity index is 1.56. The van der Waals surface area contributed by atoms with Crippen LogP contribution >= 0.6 is 11.6 Å². The van der Waals surface area contributed by atoms with Crippen LogP contribution < -0.4 is 14.8 Å². The van der Waals surface area contributed by atoms with E-state index in [0.717, 1.165) is 16.5 Å². The molecule has 25 heavy (non-hydrogen) atoms. The minimum atomic E-state index is -0.170. The third-order valence-corrected chi connectivity index (χ3v) is 4.29. The predicted molar refractivity (Wildman–Crippen MR) is 96.5 cm³/mol. The molecule has 2 aromatic carbocycles. The van der Waals surface area contributed by atoms with Crippen molar-refractivity contribution in [3.63, 3.8) is 0 Å². The highest BCUT2D eigenvalue weighted by Crippen LogP contribution is 2.38. The highest BCUT2D eigenvalue weighted by atomic mass is 35.5. The second-order valence-electron chi connectivity index (χ2n) is 5.69. The summed E-state index contributed by atoms with van der Waals surface area (Å²) in [6.07, 6.45) is 1.93. The van der Waals surface area contributed by atoms with Gasteiger partial charge < -0.3 is 14.8 Å². The predicted octanol–water partition coefficient (Wildman–Crippen LogP) is 3.84. The van der Waals surface area contributed by atoms with Gasteiger partial charge in [0.2, 0.25) is 5.91 Å². The summed E-state index contributed by atoms with van der Waals surface area (Å²) in [5.41, 5.74) is 2.20. The molecule has 1 amide bonds. The Bertz CT molecular complexity index is 953. The highest BCUT2D eigenvalue weighted by Gasteiger charge is 2.17. The molecule has 4 rings (SSSR count). The Kier molecular flexibility index (Phi) is 4.15. The number of carbonyl (C=O) groups excluding carboxylic acids is 1. The van der Waals surface area contributed by atoms with Crippen LogP contribution in [-0.4, -0.2) is 24.1 Å². The number of fused-ring (bicyclic) bond motifs is 2. The number of rotatable bonds is 3. The number of carbonyl (C=O) groups is 1. The van der Waals surface area contributed by atoms with Crippen LogP contribution in [0.5, 0.6) is 11.5 Å². The van der Waals surface area contributed by atoms with Crippen LogP contribution in [0.25, 0.3) is 10.9 Å². The molecule has 0 fully saturated rings. The first-order valence-electron chi connectivity index (χ1n) is 7.92. The largest absolute Gasteiger partial charge is 0.486 e. The van der Waals surface area contributed by atoms with Crippen molar-refractivity contribution < 1.29 is 14.3 Å². The van der Waals surface area contributed by atoms with Crippen LogP contribution in [0.15, 0.2) is 48.7 Å². The fourth-order valence-electron chi connectivity index (χ4n) is 2.84. The van der Waals surface area contributed by atoms with Crippen molar-refractivity contribution in [2.24, 2.45) is 0 Å². The zero-order valence-corrected chi connectivity index (χ0v) is 14.0. The minimum absolute atomic E-state index is 0.170. The van der Waals surface area contributed by atoms with Crippen LogP contribution in [0.3, 0.4) is 0 Å². The lowest BCUT2D eigenvalue weighted by molar-refractivity contribution is -0.115. The molecule has 3 aromatic rings. The molecular weight excluding hydrogens is 340 g/mol. The molecule has 0 saturated carbocycles. The molecule has 0 bridgehead atoms. The Labute approximate surface area is 149 Å². The second kappa shape index (κ2) is 6.61. The molecule has 0 unspecified atom stereocenters. The monoisotopic (exact) mass is 354 g/mol. The number of nitrogens with zero attached hydrogens (tertiary/aromatic N) is 1. The lowest BCUT2D eigenvalue weighted by atomic mass is 10.1. The fraction of sp³-hybridized carbons (Fsp3) is 0.158. The van der Waals surface area contributed by atoms with Crippen molar-refractivity contribution in [3.8, 4) is 11.5 Å². The van der Waals surface area contributed by atoms with Crippen LogP contribution in [0.4, 0.5) is 5.69 Å². The molecule has 1 aliphatic heterocycles. The van der Waals surface area contributed by atoms with Gasteiger partial charge in [0.1, 0.15) is 13.2 Å². The first-order chi connectivity index (χ1) is 12.2. The van der Waals surface area contributed by atoms with Gasteiger partial charge in [-0.25, -0.2) is 0 Å². The van der Waals surface area contributed by atoms with E-state index in [9.17, 15) is 4.79 Å². The van der Waals surface area contributed by atoms with E-state index >= 15 is 0 Å². The molecule has 0 spiro atoms. The van der Waals surface area contributed by atoms with Gasteiger partial charge in [0, 0.05) is 23.7 Å². The van der Waals surface area contributed by atoms with Crippen LogP contribution in [0.2, 0.25) is 5.02 Å². The molecule has 0 atom stereocenters. The van der Waals surface area contributed by atoms with Gasteiger partial charge in [0.15, 0.2) is 11.5 Å². The number of hydrogen-bond acceptors (Lipinski definition) is 4. The Hall–Kier alpha value is -2.79. The van der Waals surface area contributed by atoms with Gasteiger partial charge in [-0.1, -0.05) is 35.9 Å². The number of aromatic nitrogens is 1. The van der Waals surface area contributed by atoms with E-state index in [4.69, 9.17) is 21.1 Å². The Morgan fingerprint density at radius 3 is 2.72 bits per heavy atom. The molecule has 1 N–H and O–H groups in total. The van der Waals surface area contributed by atoms with Gasteiger partial charge in [0.25, 0.3) is 0 Å². The smallest absolute Gasteiger partial charge is 0.228 e. The van der Waals surface area contributed by atoms with E-state index in [2.05, 4.69) is 10.3 Å². The molecule has 1 aliphatic rings. The van der Waals surface area contributed by atoms with E-state index in [1.807, 2.05) is 30.3 Å². The van der Waals surface area contributed by atoms with Crippen LogP contribution in [-0.2, 0) is 11.2 Å². The molecule has 5 nitrogen and oxygen atoms in total. The zero-order chi connectivity index (χ0) is 17.2. The topological polar surface area (TPSA) is 60.5 Å². The lowest BCUT2D eigenvalue weighted by Gasteiger charge is -2.20. The van der Waals surface area contributed by atoms with E-state index in [0.29, 0.717) is 35.4 Å². The minimum Gasteiger partial charge on any atom is -0.486 e. The second-order valence-corrected chi connectivity index (χ2v) is 6.10. The summed E-state index contributed by atoms with van der Waals surface area (Å²) in [5, 5.41) is 4.25. The van der Waals surface area contributed by atoms with Crippen molar-refractivity contribution in [1.29, 1.82) is 0 Å². The van der Waals surface area contributed by atoms with Crippen LogP contribution in [0.1, 0.15) is 5.56 Å². The molecular formula is C19H15ClN2O3. The van der Waals surface area contributed by atoms with Gasteiger partial charge >= 0.3 is 0 Å². The number of halogens is 1. The van der Waals surface area contributed by atoms with Crippen molar-refractivity contribution >= 4 is 34.1 Å². The third-order valence-electron chi connectivity index (χ3n) is 3.97. The SMILES string of the molecule is O=C(Cc1cccc2cccnc12)Nc1cc2c(cc1Cl)OCCO2.